The van der Waals surface area contributed by atoms with Crippen molar-refractivity contribution in [2.45, 2.75) is 25.8 Å². The van der Waals surface area contributed by atoms with Crippen LogP contribution in [0.2, 0.25) is 0 Å². The highest BCUT2D eigenvalue weighted by molar-refractivity contribution is 5.57. The second-order valence-electron chi connectivity index (χ2n) is 6.62. The van der Waals surface area contributed by atoms with Crippen LogP contribution < -0.4 is 16.1 Å². The van der Waals surface area contributed by atoms with Crippen LogP contribution in [-0.4, -0.2) is 64.6 Å². The van der Waals surface area contributed by atoms with Crippen molar-refractivity contribution >= 4 is 23.5 Å². The molecule has 1 saturated heterocycles. The summed E-state index contributed by atoms with van der Waals surface area (Å²) in [7, 11) is 3.88. The summed E-state index contributed by atoms with van der Waals surface area (Å²) in [6.07, 6.45) is 2.44. The van der Waals surface area contributed by atoms with Crippen LogP contribution in [0.1, 0.15) is 19.8 Å². The predicted molar refractivity (Wildman–Crippen MR) is 105 cm³/mol. The third kappa shape index (κ3) is 4.20. The maximum atomic E-state index is 5.95. The fourth-order valence-corrected chi connectivity index (χ4v) is 3.40. The second-order valence-corrected chi connectivity index (χ2v) is 6.62. The molecule has 3 rings (SSSR count). The molecular weight excluding hydrogens is 328 g/mol. The Kier molecular flexibility index (Phi) is 5.85. The van der Waals surface area contributed by atoms with Crippen molar-refractivity contribution < 1.29 is 0 Å². The van der Waals surface area contributed by atoms with Crippen LogP contribution in [0, 0.1) is 0 Å². The van der Waals surface area contributed by atoms with E-state index < -0.39 is 0 Å². The molecular formula is C18H28N8. The van der Waals surface area contributed by atoms with Gasteiger partial charge in [-0.2, -0.15) is 15.0 Å². The summed E-state index contributed by atoms with van der Waals surface area (Å²) in [5.74, 6) is 1.22. The van der Waals surface area contributed by atoms with E-state index in [0.717, 1.165) is 25.3 Å². The molecule has 1 aliphatic heterocycles. The van der Waals surface area contributed by atoms with E-state index >= 15 is 0 Å². The molecule has 1 fully saturated rings. The molecule has 0 bridgehead atoms. The minimum absolute atomic E-state index is 0.207. The normalized spacial score (nSPS) is 17.6. The van der Waals surface area contributed by atoms with E-state index in [0.29, 0.717) is 17.9 Å². The number of hydrazine groups is 1. The Morgan fingerprint density at radius 1 is 1.19 bits per heavy atom. The Morgan fingerprint density at radius 2 is 1.96 bits per heavy atom. The molecule has 0 spiro atoms. The summed E-state index contributed by atoms with van der Waals surface area (Å²) in [4.78, 5) is 15.7. The number of nitrogens with two attached hydrogens (primary N) is 1. The molecule has 0 amide bonds. The first kappa shape index (κ1) is 18.3. The van der Waals surface area contributed by atoms with Crippen molar-refractivity contribution in [1.29, 1.82) is 0 Å². The predicted octanol–water partition coefficient (Wildman–Crippen LogP) is 1.96. The number of likely N-dealkylation sites (N-methyl/N-ethyl adjacent to an activating group) is 1. The maximum absolute atomic E-state index is 5.95. The van der Waals surface area contributed by atoms with E-state index in [1.807, 2.05) is 54.4 Å². The van der Waals surface area contributed by atoms with E-state index in [-0.39, 0.29) is 5.95 Å². The number of nitrogens with one attached hydrogen (secondary N) is 1. The average Bonchev–Trinajstić information content (AvgIpc) is 3.08. The van der Waals surface area contributed by atoms with Gasteiger partial charge in [0.15, 0.2) is 0 Å². The van der Waals surface area contributed by atoms with Gasteiger partial charge in [-0.1, -0.05) is 25.1 Å². The molecule has 8 nitrogen and oxygen atoms in total. The first-order valence-electron chi connectivity index (χ1n) is 9.10. The quantitative estimate of drug-likeness (QED) is 0.728. The molecule has 1 atom stereocenters. The minimum atomic E-state index is 0.207. The van der Waals surface area contributed by atoms with Crippen LogP contribution in [0.25, 0.3) is 0 Å². The molecule has 0 saturated carbocycles. The Labute approximate surface area is 155 Å². The summed E-state index contributed by atoms with van der Waals surface area (Å²) in [6, 6.07) is 10.5. The molecule has 1 aliphatic rings. The second kappa shape index (κ2) is 8.29. The molecule has 26 heavy (non-hydrogen) atoms. The number of para-hydroxylation sites is 1. The Hall–Kier alpha value is -2.45. The maximum Gasteiger partial charge on any atom is 0.251 e. The average molecular weight is 356 g/mol. The van der Waals surface area contributed by atoms with Crippen molar-refractivity contribution in [3.05, 3.63) is 30.3 Å². The van der Waals surface area contributed by atoms with Gasteiger partial charge in [-0.3, -0.25) is 4.90 Å². The van der Waals surface area contributed by atoms with Gasteiger partial charge in [0.25, 0.3) is 5.95 Å². The number of likely N-dealkylation sites (tertiary alicyclic amines) is 1. The van der Waals surface area contributed by atoms with E-state index in [1.54, 1.807) is 0 Å². The number of nitrogens with zero attached hydrogens (tertiary/aromatic N) is 6. The highest BCUT2D eigenvalue weighted by Crippen LogP contribution is 2.24. The topological polar surface area (TPSA) is 86.4 Å². The van der Waals surface area contributed by atoms with E-state index in [4.69, 9.17) is 5.73 Å². The van der Waals surface area contributed by atoms with Crippen LogP contribution in [0.4, 0.5) is 23.5 Å². The number of hydrogen-bond donors (Lipinski definition) is 2. The zero-order valence-corrected chi connectivity index (χ0v) is 15.8. The molecule has 1 unspecified atom stereocenters. The number of aromatic nitrogens is 3. The third-order valence-electron chi connectivity index (χ3n) is 4.63. The molecule has 1 aromatic heterocycles. The number of hydrogen-bond acceptors (Lipinski definition) is 8. The van der Waals surface area contributed by atoms with Gasteiger partial charge in [-0.15, -0.1) is 0 Å². The first-order valence-corrected chi connectivity index (χ1v) is 9.10. The zero-order valence-electron chi connectivity index (χ0n) is 15.8. The Bertz CT molecular complexity index is 706. The number of anilines is 4. The lowest BCUT2D eigenvalue weighted by molar-refractivity contribution is 0.276. The van der Waals surface area contributed by atoms with Crippen molar-refractivity contribution in [1.82, 2.24) is 24.9 Å². The lowest BCUT2D eigenvalue weighted by Crippen LogP contribution is -2.36. The monoisotopic (exact) mass is 356 g/mol. The third-order valence-corrected chi connectivity index (χ3v) is 4.63. The lowest BCUT2D eigenvalue weighted by atomic mass is 10.2. The molecule has 1 aromatic carbocycles. The number of nitrogen functional groups attached to an aromatic ring is 1. The highest BCUT2D eigenvalue weighted by atomic mass is 15.6. The number of benzene rings is 1. The lowest BCUT2D eigenvalue weighted by Gasteiger charge is -2.29. The van der Waals surface area contributed by atoms with E-state index in [1.165, 1.54) is 12.8 Å². The summed E-state index contributed by atoms with van der Waals surface area (Å²) < 4.78 is 0. The van der Waals surface area contributed by atoms with Gasteiger partial charge in [-0.05, 0) is 38.1 Å². The fraction of sp³-hybridized carbons (Fsp3) is 0.500. The van der Waals surface area contributed by atoms with Crippen LogP contribution in [0.15, 0.2) is 30.3 Å². The number of rotatable bonds is 7. The van der Waals surface area contributed by atoms with Crippen LogP contribution in [-0.2, 0) is 0 Å². The molecule has 3 N–H and O–H groups in total. The molecule has 8 heteroatoms. The smallest absolute Gasteiger partial charge is 0.251 e. The highest BCUT2D eigenvalue weighted by Gasteiger charge is 2.23. The zero-order chi connectivity index (χ0) is 18.5. The summed E-state index contributed by atoms with van der Waals surface area (Å²) in [6.45, 7) is 5.24. The molecule has 140 valence electrons. The minimum Gasteiger partial charge on any atom is -0.368 e. The Balaban J connectivity index is 1.80. The van der Waals surface area contributed by atoms with Crippen molar-refractivity contribution in [3.8, 4) is 0 Å². The molecule has 0 radical (unpaired) electrons. The van der Waals surface area contributed by atoms with Gasteiger partial charge >= 0.3 is 0 Å². The molecule has 2 heterocycles. The van der Waals surface area contributed by atoms with Gasteiger partial charge in [0.05, 0.1) is 5.69 Å². The Morgan fingerprint density at radius 3 is 2.65 bits per heavy atom. The summed E-state index contributed by atoms with van der Waals surface area (Å²) in [5, 5.41) is 7.17. The van der Waals surface area contributed by atoms with Crippen LogP contribution in [0.3, 0.4) is 0 Å². The van der Waals surface area contributed by atoms with E-state index in [9.17, 15) is 0 Å². The van der Waals surface area contributed by atoms with Crippen molar-refractivity contribution in [3.63, 3.8) is 0 Å². The van der Waals surface area contributed by atoms with Gasteiger partial charge < -0.3 is 11.1 Å². The summed E-state index contributed by atoms with van der Waals surface area (Å²) in [5.41, 5.74) is 6.92. The van der Waals surface area contributed by atoms with E-state index in [2.05, 4.69) is 32.1 Å². The standard InChI is InChI=1S/C18H28N8/c1-4-25-12-8-11-15(25)13-20-17-21-16(19)22-18(23-17)26(24(2)3)14-9-6-5-7-10-14/h5-7,9-10,15H,4,8,11-13H2,1-3H3,(H3,19,20,21,22,23). The largest absolute Gasteiger partial charge is 0.368 e. The van der Waals surface area contributed by atoms with Crippen molar-refractivity contribution in [2.24, 2.45) is 0 Å². The van der Waals surface area contributed by atoms with Gasteiger partial charge in [0.2, 0.25) is 11.9 Å². The summed E-state index contributed by atoms with van der Waals surface area (Å²) >= 11 is 0. The molecule has 0 aliphatic carbocycles. The van der Waals surface area contributed by atoms with Crippen molar-refractivity contribution in [2.75, 3.05) is 49.8 Å². The van der Waals surface area contributed by atoms with Gasteiger partial charge in [0.1, 0.15) is 0 Å². The van der Waals surface area contributed by atoms with Crippen LogP contribution in [0.5, 0.6) is 0 Å². The molecule has 2 aromatic rings. The van der Waals surface area contributed by atoms with Gasteiger partial charge in [0, 0.05) is 26.7 Å². The fourth-order valence-electron chi connectivity index (χ4n) is 3.40. The first-order chi connectivity index (χ1) is 12.6. The van der Waals surface area contributed by atoms with Gasteiger partial charge in [-0.25, -0.2) is 10.0 Å². The van der Waals surface area contributed by atoms with Crippen LogP contribution >= 0.6 is 0 Å². The SMILES string of the molecule is CCN1CCCC1CNc1nc(N)nc(N(c2ccccc2)N(C)C)n1.